The molecule has 1 amide bonds. The van der Waals surface area contributed by atoms with Crippen molar-refractivity contribution in [3.63, 3.8) is 0 Å². The van der Waals surface area contributed by atoms with Crippen molar-refractivity contribution in [2.45, 2.75) is 5.92 Å². The van der Waals surface area contributed by atoms with Gasteiger partial charge in [-0.15, -0.1) is 0 Å². The summed E-state index contributed by atoms with van der Waals surface area (Å²) in [5.74, 6) is 0.289. The SMILES string of the molecule is NC(=O)c1ccc(-c2ccnc(NCC(c3ccccc3)c3ccccc3)n2)cc1. The van der Waals surface area contributed by atoms with Gasteiger partial charge >= 0.3 is 0 Å². The van der Waals surface area contributed by atoms with Crippen LogP contribution in [0.15, 0.2) is 97.2 Å². The minimum Gasteiger partial charge on any atom is -0.366 e. The molecule has 0 radical (unpaired) electrons. The fourth-order valence-corrected chi connectivity index (χ4v) is 3.40. The Balaban J connectivity index is 1.55. The number of carbonyl (C=O) groups excluding carboxylic acids is 1. The molecule has 1 aromatic heterocycles. The fourth-order valence-electron chi connectivity index (χ4n) is 3.40. The minimum atomic E-state index is -0.445. The van der Waals surface area contributed by atoms with Crippen LogP contribution in [-0.2, 0) is 0 Å². The highest BCUT2D eigenvalue weighted by Gasteiger charge is 2.14. The molecule has 3 aromatic carbocycles. The van der Waals surface area contributed by atoms with Crippen molar-refractivity contribution in [3.05, 3.63) is 114 Å². The molecule has 0 unspecified atom stereocenters. The van der Waals surface area contributed by atoms with E-state index in [1.807, 2.05) is 30.3 Å². The van der Waals surface area contributed by atoms with Gasteiger partial charge in [0.15, 0.2) is 0 Å². The predicted octanol–water partition coefficient (Wildman–Crippen LogP) is 4.49. The van der Waals surface area contributed by atoms with Gasteiger partial charge in [0.05, 0.1) is 5.69 Å². The number of aromatic nitrogens is 2. The Morgan fingerprint density at radius 2 is 1.43 bits per heavy atom. The van der Waals surface area contributed by atoms with Crippen molar-refractivity contribution in [2.24, 2.45) is 5.73 Å². The maximum atomic E-state index is 11.3. The van der Waals surface area contributed by atoms with Gasteiger partial charge in [0.25, 0.3) is 0 Å². The molecule has 0 bridgehead atoms. The van der Waals surface area contributed by atoms with E-state index in [0.717, 1.165) is 11.3 Å². The smallest absolute Gasteiger partial charge is 0.248 e. The maximum absolute atomic E-state index is 11.3. The largest absolute Gasteiger partial charge is 0.366 e. The van der Waals surface area contributed by atoms with Crippen molar-refractivity contribution in [1.82, 2.24) is 9.97 Å². The molecular formula is C25H22N4O. The third-order valence-electron chi connectivity index (χ3n) is 4.99. The van der Waals surface area contributed by atoms with Gasteiger partial charge in [-0.1, -0.05) is 72.8 Å². The second-order valence-electron chi connectivity index (χ2n) is 6.96. The van der Waals surface area contributed by atoms with E-state index >= 15 is 0 Å². The Morgan fingerprint density at radius 1 is 0.833 bits per heavy atom. The Morgan fingerprint density at radius 3 is 2.00 bits per heavy atom. The number of nitrogens with zero attached hydrogens (tertiary/aromatic N) is 2. The molecule has 5 nitrogen and oxygen atoms in total. The second kappa shape index (κ2) is 9.01. The van der Waals surface area contributed by atoms with Crippen LogP contribution in [0.25, 0.3) is 11.3 Å². The molecule has 0 aliphatic rings. The van der Waals surface area contributed by atoms with Gasteiger partial charge in [-0.2, -0.15) is 0 Å². The molecule has 4 aromatic rings. The molecule has 0 aliphatic carbocycles. The lowest BCUT2D eigenvalue weighted by Crippen LogP contribution is -2.15. The zero-order valence-corrected chi connectivity index (χ0v) is 16.4. The van der Waals surface area contributed by atoms with Crippen molar-refractivity contribution < 1.29 is 4.79 Å². The van der Waals surface area contributed by atoms with Crippen molar-refractivity contribution >= 4 is 11.9 Å². The van der Waals surface area contributed by atoms with Crippen LogP contribution in [0.3, 0.4) is 0 Å². The van der Waals surface area contributed by atoms with Crippen LogP contribution in [0.1, 0.15) is 27.4 Å². The summed E-state index contributed by atoms with van der Waals surface area (Å²) in [6, 6.07) is 29.7. The summed E-state index contributed by atoms with van der Waals surface area (Å²) in [5.41, 5.74) is 9.92. The lowest BCUT2D eigenvalue weighted by atomic mass is 9.91. The van der Waals surface area contributed by atoms with E-state index < -0.39 is 5.91 Å². The number of hydrogen-bond acceptors (Lipinski definition) is 4. The molecule has 30 heavy (non-hydrogen) atoms. The summed E-state index contributed by atoms with van der Waals surface area (Å²) < 4.78 is 0. The third-order valence-corrected chi connectivity index (χ3v) is 4.99. The summed E-state index contributed by atoms with van der Waals surface area (Å²) >= 11 is 0. The van der Waals surface area contributed by atoms with Crippen LogP contribution < -0.4 is 11.1 Å². The van der Waals surface area contributed by atoms with Gasteiger partial charge in [0.2, 0.25) is 11.9 Å². The van der Waals surface area contributed by atoms with E-state index in [9.17, 15) is 4.79 Å². The zero-order chi connectivity index (χ0) is 20.8. The summed E-state index contributed by atoms with van der Waals surface area (Å²) in [5, 5.41) is 3.39. The molecule has 148 valence electrons. The zero-order valence-electron chi connectivity index (χ0n) is 16.4. The quantitative estimate of drug-likeness (QED) is 0.484. The molecule has 3 N–H and O–H groups in total. The number of amides is 1. The Labute approximate surface area is 175 Å². The maximum Gasteiger partial charge on any atom is 0.248 e. The Bertz CT molecular complexity index is 1070. The van der Waals surface area contributed by atoms with Crippen LogP contribution >= 0.6 is 0 Å². The number of nitrogens with two attached hydrogens (primary N) is 1. The number of benzene rings is 3. The van der Waals surface area contributed by atoms with Crippen LogP contribution in [0.2, 0.25) is 0 Å². The normalized spacial score (nSPS) is 10.7. The summed E-state index contributed by atoms with van der Waals surface area (Å²) in [7, 11) is 0. The van der Waals surface area contributed by atoms with Gasteiger partial charge < -0.3 is 11.1 Å². The van der Waals surface area contributed by atoms with Gasteiger partial charge in [0.1, 0.15) is 0 Å². The number of primary amides is 1. The van der Waals surface area contributed by atoms with E-state index in [1.165, 1.54) is 11.1 Å². The van der Waals surface area contributed by atoms with Crippen molar-refractivity contribution in [1.29, 1.82) is 0 Å². The Kier molecular flexibility index (Phi) is 5.80. The molecule has 4 rings (SSSR count). The Hall–Kier alpha value is -3.99. The number of rotatable bonds is 7. The first-order valence-corrected chi connectivity index (χ1v) is 9.78. The van der Waals surface area contributed by atoms with Gasteiger partial charge in [-0.25, -0.2) is 9.97 Å². The van der Waals surface area contributed by atoms with Crippen LogP contribution in [0.4, 0.5) is 5.95 Å². The van der Waals surface area contributed by atoms with Gasteiger partial charge in [-0.3, -0.25) is 4.79 Å². The second-order valence-corrected chi connectivity index (χ2v) is 6.96. The van der Waals surface area contributed by atoms with E-state index in [-0.39, 0.29) is 5.92 Å². The van der Waals surface area contributed by atoms with E-state index in [1.54, 1.807) is 18.3 Å². The summed E-state index contributed by atoms with van der Waals surface area (Å²) in [6.45, 7) is 0.665. The number of carbonyl (C=O) groups is 1. The summed E-state index contributed by atoms with van der Waals surface area (Å²) in [4.78, 5) is 20.3. The molecule has 5 heteroatoms. The van der Waals surface area contributed by atoms with E-state index in [2.05, 4.69) is 63.8 Å². The predicted molar refractivity (Wildman–Crippen MR) is 119 cm³/mol. The lowest BCUT2D eigenvalue weighted by molar-refractivity contribution is 0.100. The highest BCUT2D eigenvalue weighted by molar-refractivity contribution is 5.93. The third kappa shape index (κ3) is 4.52. The average molecular weight is 394 g/mol. The highest BCUT2D eigenvalue weighted by atomic mass is 16.1. The molecule has 1 heterocycles. The van der Waals surface area contributed by atoms with Crippen LogP contribution in [0.5, 0.6) is 0 Å². The van der Waals surface area contributed by atoms with Crippen LogP contribution in [0, 0.1) is 0 Å². The molecular weight excluding hydrogens is 372 g/mol. The van der Waals surface area contributed by atoms with E-state index in [4.69, 9.17) is 5.73 Å². The molecule has 0 spiro atoms. The van der Waals surface area contributed by atoms with E-state index in [0.29, 0.717) is 18.1 Å². The summed E-state index contributed by atoms with van der Waals surface area (Å²) in [6.07, 6.45) is 1.73. The first-order chi connectivity index (χ1) is 14.7. The average Bonchev–Trinajstić information content (AvgIpc) is 2.81. The monoisotopic (exact) mass is 394 g/mol. The molecule has 0 atom stereocenters. The minimum absolute atomic E-state index is 0.175. The first kappa shape index (κ1) is 19.3. The first-order valence-electron chi connectivity index (χ1n) is 9.78. The van der Waals surface area contributed by atoms with Crippen molar-refractivity contribution in [3.8, 4) is 11.3 Å². The molecule has 0 saturated heterocycles. The standard InChI is InChI=1S/C25H22N4O/c26-24(30)21-13-11-20(12-14-21)23-15-16-27-25(29-23)28-17-22(18-7-3-1-4-8-18)19-9-5-2-6-10-19/h1-16,22H,17H2,(H2,26,30)(H,27,28,29). The van der Waals surface area contributed by atoms with Gasteiger partial charge in [0, 0.05) is 29.8 Å². The molecule has 0 aliphatic heterocycles. The fraction of sp³-hybridized carbons (Fsp3) is 0.0800. The number of nitrogens with one attached hydrogen (secondary N) is 1. The van der Waals surface area contributed by atoms with Crippen LogP contribution in [-0.4, -0.2) is 22.4 Å². The molecule has 0 saturated carbocycles. The molecule has 0 fully saturated rings. The highest BCUT2D eigenvalue weighted by Crippen LogP contribution is 2.25. The number of anilines is 1. The van der Waals surface area contributed by atoms with Gasteiger partial charge in [-0.05, 0) is 29.3 Å². The number of hydrogen-bond donors (Lipinski definition) is 2. The van der Waals surface area contributed by atoms with Crippen molar-refractivity contribution in [2.75, 3.05) is 11.9 Å². The topological polar surface area (TPSA) is 80.9 Å². The lowest BCUT2D eigenvalue weighted by Gasteiger charge is -2.19.